The number of rotatable bonds is 2. The topological polar surface area (TPSA) is 21.2 Å². The van der Waals surface area contributed by atoms with Crippen LogP contribution in [0.4, 0.5) is 0 Å². The highest BCUT2D eigenvalue weighted by molar-refractivity contribution is 6.12. The van der Waals surface area contributed by atoms with Crippen LogP contribution in [0, 0.1) is 6.92 Å². The van der Waals surface area contributed by atoms with Gasteiger partial charge in [0.15, 0.2) is 11.0 Å². The van der Waals surface area contributed by atoms with Crippen LogP contribution in [-0.2, 0) is 19.9 Å². The van der Waals surface area contributed by atoms with Crippen molar-refractivity contribution < 1.29 is 4.57 Å². The molecule has 5 rings (SSSR count). The number of para-hydroxylation sites is 3. The lowest BCUT2D eigenvalue weighted by Crippen LogP contribution is -2.27. The Bertz CT molecular complexity index is 1360. The summed E-state index contributed by atoms with van der Waals surface area (Å²) in [7, 11) is 2.17. The Morgan fingerprint density at radius 1 is 1.00 bits per heavy atom. The van der Waals surface area contributed by atoms with Crippen molar-refractivity contribution in [3.05, 3.63) is 65.4 Å². The first-order valence-corrected chi connectivity index (χ1v) is 9.78. The number of imidazole rings is 1. The molecule has 0 aliphatic rings. The Morgan fingerprint density at radius 2 is 1.81 bits per heavy atom. The molecule has 0 spiro atoms. The molecule has 0 amide bonds. The van der Waals surface area contributed by atoms with E-state index in [0.717, 1.165) is 24.1 Å². The smallest absolute Gasteiger partial charge is 0.252 e. The van der Waals surface area contributed by atoms with Gasteiger partial charge < -0.3 is 0 Å². The van der Waals surface area contributed by atoms with Crippen LogP contribution in [0.1, 0.15) is 30.7 Å². The van der Waals surface area contributed by atoms with Crippen molar-refractivity contribution in [2.45, 2.75) is 33.6 Å². The number of pyridine rings is 2. The third kappa shape index (κ3) is 2.08. The van der Waals surface area contributed by atoms with Gasteiger partial charge in [0, 0.05) is 11.1 Å². The minimum atomic E-state index is 0.950. The predicted molar refractivity (Wildman–Crippen MR) is 112 cm³/mol. The molecule has 3 nitrogen and oxygen atoms in total. The first kappa shape index (κ1) is 16.2. The second kappa shape index (κ2) is 5.78. The normalized spacial score (nSPS) is 12.0. The van der Waals surface area contributed by atoms with Gasteiger partial charge in [0.25, 0.3) is 5.65 Å². The zero-order chi connectivity index (χ0) is 18.7. The van der Waals surface area contributed by atoms with Crippen molar-refractivity contribution in [1.29, 1.82) is 0 Å². The number of hydrogen-bond acceptors (Lipinski definition) is 1. The van der Waals surface area contributed by atoms with Gasteiger partial charge in [0.2, 0.25) is 0 Å². The lowest BCUT2D eigenvalue weighted by atomic mass is 10.0. The molecule has 134 valence electrons. The largest absolute Gasteiger partial charge is 0.297 e. The number of nitrogens with zero attached hydrogens (tertiary/aromatic N) is 3. The van der Waals surface area contributed by atoms with E-state index in [-0.39, 0.29) is 0 Å². The Kier molecular flexibility index (Phi) is 3.48. The average molecular weight is 354 g/mol. The summed E-state index contributed by atoms with van der Waals surface area (Å²) in [6.45, 7) is 6.63. The van der Waals surface area contributed by atoms with Crippen LogP contribution in [0.25, 0.3) is 38.5 Å². The maximum atomic E-state index is 5.09. The van der Waals surface area contributed by atoms with Gasteiger partial charge in [-0.05, 0) is 55.2 Å². The maximum Gasteiger partial charge on any atom is 0.297 e. The molecular weight excluding hydrogens is 330 g/mol. The van der Waals surface area contributed by atoms with Gasteiger partial charge in [0.1, 0.15) is 5.52 Å². The third-order valence-corrected chi connectivity index (χ3v) is 5.85. The van der Waals surface area contributed by atoms with E-state index in [1.807, 2.05) is 0 Å². The van der Waals surface area contributed by atoms with Crippen molar-refractivity contribution in [1.82, 2.24) is 9.38 Å². The predicted octanol–water partition coefficient (Wildman–Crippen LogP) is 5.05. The Labute approximate surface area is 158 Å². The first-order chi connectivity index (χ1) is 13.2. The number of benzene rings is 2. The molecule has 27 heavy (non-hydrogen) atoms. The van der Waals surface area contributed by atoms with Gasteiger partial charge in [-0.1, -0.05) is 38.1 Å². The summed E-state index contributed by atoms with van der Waals surface area (Å²) in [4.78, 5) is 5.09. The lowest BCUT2D eigenvalue weighted by Gasteiger charge is -2.10. The molecule has 0 saturated carbocycles. The summed E-state index contributed by atoms with van der Waals surface area (Å²) >= 11 is 0. The van der Waals surface area contributed by atoms with Crippen LogP contribution in [-0.4, -0.2) is 9.38 Å². The second-order valence-electron chi connectivity index (χ2n) is 7.38. The molecule has 0 aliphatic carbocycles. The highest BCUT2D eigenvalue weighted by Crippen LogP contribution is 2.34. The van der Waals surface area contributed by atoms with Gasteiger partial charge in [-0.25, -0.2) is 4.57 Å². The van der Waals surface area contributed by atoms with Gasteiger partial charge >= 0.3 is 0 Å². The molecule has 3 aromatic heterocycles. The SMILES string of the molecule is CCc1cc(C)c2c(n1)c1cccc(CC)c1n1c3ccccc3[n+](C)c21. The molecule has 0 unspecified atom stereocenters. The monoisotopic (exact) mass is 354 g/mol. The van der Waals surface area contributed by atoms with Crippen molar-refractivity contribution in [3.63, 3.8) is 0 Å². The summed E-state index contributed by atoms with van der Waals surface area (Å²) < 4.78 is 4.77. The zero-order valence-corrected chi connectivity index (χ0v) is 16.4. The van der Waals surface area contributed by atoms with E-state index < -0.39 is 0 Å². The number of aromatic nitrogens is 3. The van der Waals surface area contributed by atoms with E-state index >= 15 is 0 Å². The number of fused-ring (bicyclic) bond motifs is 8. The molecule has 0 bridgehead atoms. The fraction of sp³-hybridized carbons (Fsp3) is 0.250. The summed E-state index contributed by atoms with van der Waals surface area (Å²) in [5.74, 6) is 0. The van der Waals surface area contributed by atoms with Gasteiger partial charge in [-0.3, -0.25) is 4.98 Å². The van der Waals surface area contributed by atoms with Crippen molar-refractivity contribution in [3.8, 4) is 0 Å². The van der Waals surface area contributed by atoms with E-state index in [4.69, 9.17) is 4.98 Å². The standard InChI is InChI=1S/C24H24N3/c1-5-16-10-9-11-18-22-21(15(3)14-17(6-2)25-22)24-26(4)19-12-7-8-13-20(19)27(24)23(16)18/h7-14H,5-6H2,1-4H3/q+1. The van der Waals surface area contributed by atoms with Crippen LogP contribution < -0.4 is 4.57 Å². The molecule has 2 aromatic carbocycles. The van der Waals surface area contributed by atoms with Crippen LogP contribution in [0.15, 0.2) is 48.5 Å². The van der Waals surface area contributed by atoms with Crippen LogP contribution in [0.3, 0.4) is 0 Å². The highest BCUT2D eigenvalue weighted by atomic mass is 15.1. The van der Waals surface area contributed by atoms with Crippen LogP contribution in [0.2, 0.25) is 0 Å². The Balaban J connectivity index is 2.23. The van der Waals surface area contributed by atoms with Crippen molar-refractivity contribution in [2.24, 2.45) is 7.05 Å². The molecule has 0 atom stereocenters. The highest BCUT2D eigenvalue weighted by Gasteiger charge is 2.26. The maximum absolute atomic E-state index is 5.09. The van der Waals surface area contributed by atoms with Gasteiger partial charge in [0.05, 0.1) is 18.0 Å². The number of aryl methyl sites for hydroxylation is 4. The summed E-state index contributed by atoms with van der Waals surface area (Å²) in [5.41, 5.74) is 9.96. The lowest BCUT2D eigenvalue weighted by molar-refractivity contribution is -0.617. The van der Waals surface area contributed by atoms with E-state index in [1.54, 1.807) is 0 Å². The Morgan fingerprint density at radius 3 is 2.59 bits per heavy atom. The summed E-state index contributed by atoms with van der Waals surface area (Å²) in [6.07, 6.45) is 1.95. The molecule has 3 heteroatoms. The van der Waals surface area contributed by atoms with E-state index in [0.29, 0.717) is 0 Å². The molecule has 0 fully saturated rings. The molecular formula is C24H24N3+. The minimum absolute atomic E-state index is 0.950. The second-order valence-corrected chi connectivity index (χ2v) is 7.38. The molecule has 0 N–H and O–H groups in total. The molecule has 0 aliphatic heterocycles. The summed E-state index contributed by atoms with van der Waals surface area (Å²) in [6, 6.07) is 17.6. The molecule has 5 aromatic rings. The van der Waals surface area contributed by atoms with Crippen molar-refractivity contribution in [2.75, 3.05) is 0 Å². The summed E-state index contributed by atoms with van der Waals surface area (Å²) in [5, 5.41) is 2.50. The minimum Gasteiger partial charge on any atom is -0.252 e. The fourth-order valence-corrected chi connectivity index (χ4v) is 4.55. The van der Waals surface area contributed by atoms with Crippen LogP contribution >= 0.6 is 0 Å². The Hall–Kier alpha value is -2.94. The van der Waals surface area contributed by atoms with E-state index in [1.165, 1.54) is 44.1 Å². The molecule has 3 heterocycles. The van der Waals surface area contributed by atoms with E-state index in [9.17, 15) is 0 Å². The average Bonchev–Trinajstić information content (AvgIpc) is 3.00. The fourth-order valence-electron chi connectivity index (χ4n) is 4.55. The number of hydrogen-bond donors (Lipinski definition) is 0. The van der Waals surface area contributed by atoms with Crippen molar-refractivity contribution >= 4 is 38.5 Å². The molecule has 0 radical (unpaired) electrons. The quantitative estimate of drug-likeness (QED) is 0.321. The van der Waals surface area contributed by atoms with E-state index in [2.05, 4.69) is 85.3 Å². The van der Waals surface area contributed by atoms with Crippen LogP contribution in [0.5, 0.6) is 0 Å². The van der Waals surface area contributed by atoms with Gasteiger partial charge in [-0.15, -0.1) is 0 Å². The molecule has 0 saturated heterocycles. The van der Waals surface area contributed by atoms with Gasteiger partial charge in [-0.2, -0.15) is 4.40 Å². The zero-order valence-electron chi connectivity index (χ0n) is 16.4. The third-order valence-electron chi connectivity index (χ3n) is 5.85. The first-order valence-electron chi connectivity index (χ1n) is 9.78.